The lowest BCUT2D eigenvalue weighted by atomic mass is 10.1. The van der Waals surface area contributed by atoms with Crippen molar-refractivity contribution >= 4 is 18.3 Å². The van der Waals surface area contributed by atoms with Crippen LogP contribution >= 0.6 is 12.6 Å². The first-order valence-electron chi connectivity index (χ1n) is 7.62. The first-order chi connectivity index (χ1) is 9.24. The molecule has 0 atom stereocenters. The molecule has 108 valence electrons. The van der Waals surface area contributed by atoms with Crippen molar-refractivity contribution in [1.29, 1.82) is 0 Å². The van der Waals surface area contributed by atoms with E-state index in [2.05, 4.69) is 55.8 Å². The van der Waals surface area contributed by atoms with Crippen LogP contribution in [0.1, 0.15) is 50.5 Å². The maximum atomic E-state index is 4.24. The van der Waals surface area contributed by atoms with Gasteiger partial charge in [-0.1, -0.05) is 49.8 Å². The molecule has 0 unspecified atom stereocenters. The number of anilines is 1. The molecule has 0 aliphatic heterocycles. The van der Waals surface area contributed by atoms with Crippen LogP contribution in [0, 0.1) is 6.92 Å². The highest BCUT2D eigenvalue weighted by atomic mass is 32.1. The molecule has 19 heavy (non-hydrogen) atoms. The Balaban J connectivity index is 2.04. The number of unbranched alkanes of at least 4 members (excludes halogenated alkanes) is 6. The van der Waals surface area contributed by atoms with E-state index in [1.54, 1.807) is 0 Å². The van der Waals surface area contributed by atoms with Gasteiger partial charge in [-0.15, -0.1) is 0 Å². The molecule has 0 amide bonds. The summed E-state index contributed by atoms with van der Waals surface area (Å²) in [5.41, 5.74) is 2.66. The molecule has 0 radical (unpaired) electrons. The number of benzene rings is 1. The van der Waals surface area contributed by atoms with Crippen molar-refractivity contribution in [3.63, 3.8) is 0 Å². The quantitative estimate of drug-likeness (QED) is 0.461. The fourth-order valence-corrected chi connectivity index (χ4v) is 2.50. The summed E-state index contributed by atoms with van der Waals surface area (Å²) < 4.78 is 0. The van der Waals surface area contributed by atoms with Gasteiger partial charge in [0.15, 0.2) is 0 Å². The normalized spacial score (nSPS) is 10.7. The van der Waals surface area contributed by atoms with Crippen molar-refractivity contribution in [2.45, 2.75) is 51.9 Å². The lowest BCUT2D eigenvalue weighted by Crippen LogP contribution is -2.18. The Labute approximate surface area is 124 Å². The molecule has 1 rings (SSSR count). The number of hydrogen-bond acceptors (Lipinski definition) is 2. The fourth-order valence-electron chi connectivity index (χ4n) is 2.27. The predicted molar refractivity (Wildman–Crippen MR) is 90.6 cm³/mol. The molecule has 0 heterocycles. The summed E-state index contributed by atoms with van der Waals surface area (Å²) in [7, 11) is 2.19. The summed E-state index contributed by atoms with van der Waals surface area (Å²) in [4.78, 5) is 2.36. The van der Waals surface area contributed by atoms with Crippen LogP contribution < -0.4 is 4.90 Å². The van der Waals surface area contributed by atoms with Gasteiger partial charge in [0, 0.05) is 19.3 Å². The van der Waals surface area contributed by atoms with E-state index < -0.39 is 0 Å². The third-order valence-electron chi connectivity index (χ3n) is 3.63. The van der Waals surface area contributed by atoms with Crippen molar-refractivity contribution in [2.75, 3.05) is 24.2 Å². The van der Waals surface area contributed by atoms with Gasteiger partial charge in [0.05, 0.1) is 0 Å². The van der Waals surface area contributed by atoms with Crippen LogP contribution in [0.3, 0.4) is 0 Å². The monoisotopic (exact) mass is 279 g/mol. The van der Waals surface area contributed by atoms with Crippen molar-refractivity contribution in [2.24, 2.45) is 0 Å². The van der Waals surface area contributed by atoms with Crippen LogP contribution in [0.25, 0.3) is 0 Å². The number of nitrogens with zero attached hydrogens (tertiary/aromatic N) is 1. The van der Waals surface area contributed by atoms with E-state index in [1.807, 2.05) is 0 Å². The van der Waals surface area contributed by atoms with Gasteiger partial charge in [0.1, 0.15) is 0 Å². The average molecular weight is 279 g/mol. The van der Waals surface area contributed by atoms with Gasteiger partial charge in [-0.05, 0) is 37.7 Å². The van der Waals surface area contributed by atoms with Gasteiger partial charge in [-0.2, -0.15) is 12.6 Å². The molecule has 1 aromatic carbocycles. The summed E-state index contributed by atoms with van der Waals surface area (Å²) in [6.07, 6.45) is 9.45. The Kier molecular flexibility index (Phi) is 8.81. The minimum Gasteiger partial charge on any atom is -0.375 e. The van der Waals surface area contributed by atoms with Crippen LogP contribution in [0.4, 0.5) is 5.69 Å². The zero-order chi connectivity index (χ0) is 13.9. The molecule has 0 aliphatic carbocycles. The van der Waals surface area contributed by atoms with Gasteiger partial charge >= 0.3 is 0 Å². The van der Waals surface area contributed by atoms with Crippen LogP contribution in [-0.4, -0.2) is 19.3 Å². The van der Waals surface area contributed by atoms with Crippen LogP contribution in [-0.2, 0) is 0 Å². The molecular formula is C17H29NS. The van der Waals surface area contributed by atoms with Crippen molar-refractivity contribution < 1.29 is 0 Å². The smallest absolute Gasteiger partial charge is 0.0363 e. The van der Waals surface area contributed by atoms with Crippen molar-refractivity contribution in [3.8, 4) is 0 Å². The Morgan fingerprint density at radius 2 is 1.37 bits per heavy atom. The zero-order valence-electron chi connectivity index (χ0n) is 12.6. The SMILES string of the molecule is Cc1ccc(N(C)CCCCCCCCCS)cc1. The zero-order valence-corrected chi connectivity index (χ0v) is 13.5. The Morgan fingerprint density at radius 1 is 0.842 bits per heavy atom. The molecule has 0 N–H and O–H groups in total. The Morgan fingerprint density at radius 3 is 1.95 bits per heavy atom. The summed E-state index contributed by atoms with van der Waals surface area (Å²) in [5.74, 6) is 1.04. The third kappa shape index (κ3) is 7.51. The second-order valence-electron chi connectivity index (χ2n) is 5.46. The lowest BCUT2D eigenvalue weighted by Gasteiger charge is -2.19. The van der Waals surface area contributed by atoms with Crippen LogP contribution in [0.5, 0.6) is 0 Å². The number of rotatable bonds is 10. The molecule has 1 aromatic rings. The molecule has 0 saturated heterocycles. The largest absolute Gasteiger partial charge is 0.375 e. The first-order valence-corrected chi connectivity index (χ1v) is 8.26. The fraction of sp³-hybridized carbons (Fsp3) is 0.647. The minimum absolute atomic E-state index is 1.04. The molecule has 0 bridgehead atoms. The molecule has 0 aliphatic rings. The summed E-state index contributed by atoms with van der Waals surface area (Å²) in [6, 6.07) is 8.81. The predicted octanol–water partition coefficient (Wildman–Crippen LogP) is 5.09. The van der Waals surface area contributed by atoms with Gasteiger partial charge in [0.25, 0.3) is 0 Å². The van der Waals surface area contributed by atoms with Gasteiger partial charge in [-0.3, -0.25) is 0 Å². The summed E-state index contributed by atoms with van der Waals surface area (Å²) in [5, 5.41) is 0. The first kappa shape index (κ1) is 16.4. The van der Waals surface area contributed by atoms with E-state index in [1.165, 1.54) is 62.7 Å². The van der Waals surface area contributed by atoms with E-state index in [-0.39, 0.29) is 0 Å². The molecule has 0 aromatic heterocycles. The second kappa shape index (κ2) is 10.2. The minimum atomic E-state index is 1.04. The van der Waals surface area contributed by atoms with Crippen molar-refractivity contribution in [1.82, 2.24) is 0 Å². The van der Waals surface area contributed by atoms with Crippen molar-refractivity contribution in [3.05, 3.63) is 29.8 Å². The highest BCUT2D eigenvalue weighted by molar-refractivity contribution is 7.80. The second-order valence-corrected chi connectivity index (χ2v) is 5.90. The topological polar surface area (TPSA) is 3.24 Å². The van der Waals surface area contributed by atoms with Crippen LogP contribution in [0.2, 0.25) is 0 Å². The number of thiol groups is 1. The van der Waals surface area contributed by atoms with E-state index in [9.17, 15) is 0 Å². The number of hydrogen-bond donors (Lipinski definition) is 1. The highest BCUT2D eigenvalue weighted by Crippen LogP contribution is 2.14. The maximum absolute atomic E-state index is 4.24. The van der Waals surface area contributed by atoms with E-state index in [0.717, 1.165) is 5.75 Å². The number of aryl methyl sites for hydroxylation is 1. The van der Waals surface area contributed by atoms with Gasteiger partial charge in [-0.25, -0.2) is 0 Å². The molecular weight excluding hydrogens is 250 g/mol. The summed E-state index contributed by atoms with van der Waals surface area (Å²) in [6.45, 7) is 3.30. The Hall–Kier alpha value is -0.630. The Bertz CT molecular complexity index is 321. The van der Waals surface area contributed by atoms with E-state index in [4.69, 9.17) is 0 Å². The summed E-state index contributed by atoms with van der Waals surface area (Å²) >= 11 is 4.24. The van der Waals surface area contributed by atoms with Crippen LogP contribution in [0.15, 0.2) is 24.3 Å². The van der Waals surface area contributed by atoms with E-state index in [0.29, 0.717) is 0 Å². The lowest BCUT2D eigenvalue weighted by molar-refractivity contribution is 0.590. The molecule has 0 spiro atoms. The molecule has 0 saturated carbocycles. The van der Waals surface area contributed by atoms with E-state index >= 15 is 0 Å². The molecule has 0 fully saturated rings. The molecule has 2 heteroatoms. The highest BCUT2D eigenvalue weighted by Gasteiger charge is 1.99. The van der Waals surface area contributed by atoms with Gasteiger partial charge in [0.2, 0.25) is 0 Å². The maximum Gasteiger partial charge on any atom is 0.0363 e. The van der Waals surface area contributed by atoms with Gasteiger partial charge < -0.3 is 4.90 Å². The standard InChI is InChI=1S/C17H29NS/c1-16-10-12-17(13-11-16)18(2)14-8-6-4-3-5-7-9-15-19/h10-13,19H,3-9,14-15H2,1-2H3. The third-order valence-corrected chi connectivity index (χ3v) is 3.94. The molecule has 1 nitrogen and oxygen atoms in total. The average Bonchev–Trinajstić information content (AvgIpc) is 2.42.